The summed E-state index contributed by atoms with van der Waals surface area (Å²) in [6, 6.07) is 10.1. The molecule has 3 rings (SSSR count). The summed E-state index contributed by atoms with van der Waals surface area (Å²) < 4.78 is 5.69. The van der Waals surface area contributed by atoms with Gasteiger partial charge >= 0.3 is 12.0 Å². The fourth-order valence-electron chi connectivity index (χ4n) is 4.27. The van der Waals surface area contributed by atoms with Gasteiger partial charge < -0.3 is 15.4 Å². The van der Waals surface area contributed by atoms with Crippen molar-refractivity contribution < 1.29 is 14.3 Å². The number of amides is 2. The summed E-state index contributed by atoms with van der Waals surface area (Å²) in [6.07, 6.45) is 8.04. The second-order valence-corrected chi connectivity index (χ2v) is 11.0. The Morgan fingerprint density at radius 1 is 1.03 bits per heavy atom. The molecule has 1 aromatic carbocycles. The smallest absolute Gasteiger partial charge is 0.337 e. The molecule has 1 aliphatic carbocycles. The second-order valence-electron chi connectivity index (χ2n) is 9.86. The molecule has 0 saturated heterocycles. The van der Waals surface area contributed by atoms with Crippen molar-refractivity contribution in [1.82, 2.24) is 10.6 Å². The van der Waals surface area contributed by atoms with Crippen molar-refractivity contribution in [3.8, 4) is 0 Å². The van der Waals surface area contributed by atoms with E-state index in [1.807, 2.05) is 39.0 Å². The van der Waals surface area contributed by atoms with Crippen LogP contribution >= 0.6 is 11.8 Å². The maximum absolute atomic E-state index is 13.0. The van der Waals surface area contributed by atoms with Crippen LogP contribution in [0.1, 0.15) is 71.8 Å². The average molecular weight is 459 g/mol. The van der Waals surface area contributed by atoms with Crippen LogP contribution in [0.15, 0.2) is 40.9 Å². The van der Waals surface area contributed by atoms with Crippen molar-refractivity contribution in [2.45, 2.75) is 83.5 Å². The largest absolute Gasteiger partial charge is 0.457 e. The highest BCUT2D eigenvalue weighted by Crippen LogP contribution is 2.62. The van der Waals surface area contributed by atoms with Gasteiger partial charge in [-0.15, -0.1) is 11.8 Å². The Balaban J connectivity index is 1.57. The van der Waals surface area contributed by atoms with Gasteiger partial charge in [0.2, 0.25) is 0 Å². The summed E-state index contributed by atoms with van der Waals surface area (Å²) in [5.74, 6) is 0.241. The molecule has 2 aliphatic rings. The lowest BCUT2D eigenvalue weighted by Crippen LogP contribution is -2.36. The lowest BCUT2D eigenvalue weighted by atomic mass is 10.0. The molecule has 0 spiro atoms. The normalized spacial score (nSPS) is 21.8. The minimum atomic E-state index is -0.568. The molecule has 5 nitrogen and oxygen atoms in total. The van der Waals surface area contributed by atoms with Crippen LogP contribution in [0.2, 0.25) is 0 Å². The Hall–Kier alpha value is -1.95. The Morgan fingerprint density at radius 2 is 1.72 bits per heavy atom. The zero-order valence-corrected chi connectivity index (χ0v) is 20.7. The first kappa shape index (κ1) is 24.7. The molecule has 2 N–H and O–H groups in total. The number of fused-ring (bicyclic) bond motifs is 1. The van der Waals surface area contributed by atoms with E-state index in [0.717, 1.165) is 19.3 Å². The average Bonchev–Trinajstić information content (AvgIpc) is 3.22. The van der Waals surface area contributed by atoms with Gasteiger partial charge in [0.25, 0.3) is 0 Å². The van der Waals surface area contributed by atoms with Gasteiger partial charge in [-0.1, -0.05) is 69.4 Å². The number of hydrogen-bond acceptors (Lipinski definition) is 4. The van der Waals surface area contributed by atoms with Crippen LogP contribution in [-0.2, 0) is 16.0 Å². The van der Waals surface area contributed by atoms with Crippen molar-refractivity contribution in [2.24, 2.45) is 11.8 Å². The van der Waals surface area contributed by atoms with Crippen molar-refractivity contribution in [3.05, 3.63) is 46.5 Å². The molecule has 3 unspecified atom stereocenters. The number of nitrogens with one attached hydrogen (secondary N) is 2. The molecular formula is C26H38N2O3S. The lowest BCUT2D eigenvalue weighted by Gasteiger charge is -2.21. The van der Waals surface area contributed by atoms with Crippen LogP contribution in [0, 0.1) is 11.8 Å². The molecular weight excluding hydrogens is 420 g/mol. The Morgan fingerprint density at radius 3 is 2.41 bits per heavy atom. The van der Waals surface area contributed by atoms with E-state index in [2.05, 4.69) is 29.7 Å². The zero-order chi connectivity index (χ0) is 23.1. The third kappa shape index (κ3) is 7.03. The molecule has 1 fully saturated rings. The number of thioether (sulfide) groups is 1. The maximum Gasteiger partial charge on any atom is 0.337 e. The van der Waals surface area contributed by atoms with Gasteiger partial charge in [0.05, 0.1) is 10.6 Å². The van der Waals surface area contributed by atoms with E-state index >= 15 is 0 Å². The molecule has 1 aliphatic heterocycles. The van der Waals surface area contributed by atoms with Crippen LogP contribution < -0.4 is 10.6 Å². The fourth-order valence-corrected chi connectivity index (χ4v) is 5.88. The number of rotatable bonds is 11. The standard InChI is InChI=1S/C26H38N2O3S/c1-5-6-7-8-9-13-16-27-25(30)28-23-21(24(29)31-26(2,3)4)20-19(22(20)32-23)17-18-14-11-10-12-15-18/h10-12,14-15,19-20,22H,5-9,13,16-17H2,1-4H3,(H2,27,28,30). The minimum Gasteiger partial charge on any atom is -0.457 e. The van der Waals surface area contributed by atoms with E-state index in [1.165, 1.54) is 31.2 Å². The van der Waals surface area contributed by atoms with E-state index in [0.29, 0.717) is 28.3 Å². The third-order valence-electron chi connectivity index (χ3n) is 5.90. The molecule has 2 amide bonds. The van der Waals surface area contributed by atoms with Crippen molar-refractivity contribution >= 4 is 23.8 Å². The number of urea groups is 1. The van der Waals surface area contributed by atoms with Crippen LogP contribution in [-0.4, -0.2) is 29.4 Å². The summed E-state index contributed by atoms with van der Waals surface area (Å²) in [5, 5.41) is 6.87. The predicted octanol–water partition coefficient (Wildman–Crippen LogP) is 5.80. The van der Waals surface area contributed by atoms with Crippen LogP contribution in [0.5, 0.6) is 0 Å². The van der Waals surface area contributed by atoms with Crippen LogP contribution in [0.25, 0.3) is 0 Å². The predicted molar refractivity (Wildman–Crippen MR) is 131 cm³/mol. The summed E-state index contributed by atoms with van der Waals surface area (Å²) >= 11 is 1.62. The molecule has 3 atom stereocenters. The fraction of sp³-hybridized carbons (Fsp3) is 0.615. The highest BCUT2D eigenvalue weighted by atomic mass is 32.2. The number of unbranched alkanes of at least 4 members (excludes halogenated alkanes) is 5. The van der Waals surface area contributed by atoms with Crippen molar-refractivity contribution in [2.75, 3.05) is 6.54 Å². The number of benzene rings is 1. The first-order valence-electron chi connectivity index (χ1n) is 12.0. The summed E-state index contributed by atoms with van der Waals surface area (Å²) in [7, 11) is 0. The van der Waals surface area contributed by atoms with Gasteiger partial charge in [0.15, 0.2) is 0 Å². The van der Waals surface area contributed by atoms with E-state index in [1.54, 1.807) is 11.8 Å². The summed E-state index contributed by atoms with van der Waals surface area (Å²) in [5.41, 5.74) is 1.36. The number of carbonyl (C=O) groups excluding carboxylic acids is 2. The number of hydrogen-bond donors (Lipinski definition) is 2. The highest BCUT2D eigenvalue weighted by Gasteiger charge is 2.60. The van der Waals surface area contributed by atoms with Crippen molar-refractivity contribution in [3.63, 3.8) is 0 Å². The SMILES string of the molecule is CCCCCCCCNC(=O)NC1=C(C(=O)OC(C)(C)C)C2C(Cc3ccccc3)C2S1. The molecule has 0 aromatic heterocycles. The molecule has 1 aromatic rings. The van der Waals surface area contributed by atoms with Crippen LogP contribution in [0.3, 0.4) is 0 Å². The van der Waals surface area contributed by atoms with E-state index < -0.39 is 5.60 Å². The summed E-state index contributed by atoms with van der Waals surface area (Å²) in [6.45, 7) is 8.49. The topological polar surface area (TPSA) is 67.4 Å². The lowest BCUT2D eigenvalue weighted by molar-refractivity contribution is -0.150. The number of carbonyl (C=O) groups is 2. The van der Waals surface area contributed by atoms with E-state index in [-0.39, 0.29) is 17.9 Å². The molecule has 0 bridgehead atoms. The Bertz CT molecular complexity index is 816. The Labute approximate surface area is 197 Å². The van der Waals surface area contributed by atoms with E-state index in [4.69, 9.17) is 4.74 Å². The van der Waals surface area contributed by atoms with Crippen molar-refractivity contribution in [1.29, 1.82) is 0 Å². The monoisotopic (exact) mass is 458 g/mol. The molecule has 1 saturated carbocycles. The zero-order valence-electron chi connectivity index (χ0n) is 19.9. The van der Waals surface area contributed by atoms with Gasteiger partial charge in [-0.25, -0.2) is 9.59 Å². The molecule has 176 valence electrons. The van der Waals surface area contributed by atoms with Gasteiger partial charge in [-0.05, 0) is 45.1 Å². The van der Waals surface area contributed by atoms with Crippen LogP contribution in [0.4, 0.5) is 4.79 Å². The molecule has 32 heavy (non-hydrogen) atoms. The van der Waals surface area contributed by atoms with Gasteiger partial charge in [-0.3, -0.25) is 0 Å². The third-order valence-corrected chi connectivity index (χ3v) is 7.38. The molecule has 0 radical (unpaired) electrons. The second kappa shape index (κ2) is 11.3. The van der Waals surface area contributed by atoms with Gasteiger partial charge in [0.1, 0.15) is 5.60 Å². The summed E-state index contributed by atoms with van der Waals surface area (Å²) in [4.78, 5) is 25.5. The first-order valence-corrected chi connectivity index (χ1v) is 12.9. The van der Waals surface area contributed by atoms with Gasteiger partial charge in [0, 0.05) is 17.7 Å². The number of esters is 1. The molecule has 1 heterocycles. The first-order chi connectivity index (χ1) is 15.3. The van der Waals surface area contributed by atoms with Gasteiger partial charge in [-0.2, -0.15) is 0 Å². The Kier molecular flexibility index (Phi) is 8.69. The van der Waals surface area contributed by atoms with E-state index in [9.17, 15) is 9.59 Å². The minimum absolute atomic E-state index is 0.143. The highest BCUT2D eigenvalue weighted by molar-refractivity contribution is 8.04. The quantitative estimate of drug-likeness (QED) is 0.325. The maximum atomic E-state index is 13.0. The molecule has 6 heteroatoms. The number of ether oxygens (including phenoxy) is 1.